The Morgan fingerprint density at radius 1 is 1.50 bits per heavy atom. The molecule has 1 aliphatic heterocycles. The van der Waals surface area contributed by atoms with Crippen LogP contribution in [-0.4, -0.2) is 34.7 Å². The first-order valence-electron chi connectivity index (χ1n) is 5.51. The van der Waals surface area contributed by atoms with Gasteiger partial charge in [-0.1, -0.05) is 0 Å². The Bertz CT molecular complexity index is 622. The zero-order valence-corrected chi connectivity index (χ0v) is 11.8. The summed E-state index contributed by atoms with van der Waals surface area (Å²) in [6, 6.07) is 1.03. The van der Waals surface area contributed by atoms with Crippen molar-refractivity contribution in [3.8, 4) is 0 Å². The Balaban J connectivity index is 2.34. The molecule has 1 saturated heterocycles. The maximum atomic E-state index is 13.3. The molecule has 1 aliphatic rings. The molecule has 1 atom stereocenters. The zero-order chi connectivity index (χ0) is 15.0. The van der Waals surface area contributed by atoms with Gasteiger partial charge in [0.2, 0.25) is 5.91 Å². The molecule has 0 radical (unpaired) electrons. The summed E-state index contributed by atoms with van der Waals surface area (Å²) >= 11 is 2.92. The second-order valence-corrected chi connectivity index (χ2v) is 5.09. The smallest absolute Gasteiger partial charge is 0.295 e. The van der Waals surface area contributed by atoms with E-state index in [0.29, 0.717) is 0 Å². The van der Waals surface area contributed by atoms with Gasteiger partial charge in [0.15, 0.2) is 0 Å². The van der Waals surface area contributed by atoms with Crippen LogP contribution in [0.3, 0.4) is 0 Å². The van der Waals surface area contributed by atoms with E-state index in [9.17, 15) is 24.1 Å². The Morgan fingerprint density at radius 3 is 2.65 bits per heavy atom. The largest absolute Gasteiger partial charge is 0.368 e. The lowest BCUT2D eigenvalue weighted by Crippen LogP contribution is -2.32. The van der Waals surface area contributed by atoms with Gasteiger partial charge in [0.05, 0.1) is 21.9 Å². The second-order valence-electron chi connectivity index (χ2n) is 4.23. The molecule has 9 heteroatoms. The minimum absolute atomic E-state index is 0.0234. The van der Waals surface area contributed by atoms with E-state index in [1.165, 1.54) is 13.1 Å². The number of nitro benzene ring substituents is 1. The van der Waals surface area contributed by atoms with Gasteiger partial charge in [0.1, 0.15) is 17.5 Å². The standard InChI is InChI=1S/C11H9BrFN3O4/c1-15-10(17)4-8(11(15)18)14-7-2-5(12)6(13)3-9(7)16(19)20/h2-3,8,14H,4H2,1H3. The van der Waals surface area contributed by atoms with Crippen molar-refractivity contribution in [2.75, 3.05) is 12.4 Å². The van der Waals surface area contributed by atoms with Crippen LogP contribution in [0.1, 0.15) is 6.42 Å². The van der Waals surface area contributed by atoms with Crippen LogP contribution in [-0.2, 0) is 9.59 Å². The minimum atomic E-state index is -0.886. The Labute approximate surface area is 121 Å². The molecule has 0 aromatic heterocycles. The van der Waals surface area contributed by atoms with Crippen molar-refractivity contribution < 1.29 is 18.9 Å². The summed E-state index contributed by atoms with van der Waals surface area (Å²) in [5, 5.41) is 13.5. The van der Waals surface area contributed by atoms with Crippen LogP contribution < -0.4 is 5.32 Å². The van der Waals surface area contributed by atoms with Crippen molar-refractivity contribution >= 4 is 39.1 Å². The minimum Gasteiger partial charge on any atom is -0.368 e. The number of halogens is 2. The molecular formula is C11H9BrFN3O4. The summed E-state index contributed by atoms with van der Waals surface area (Å²) in [5.74, 6) is -1.64. The van der Waals surface area contributed by atoms with Crippen molar-refractivity contribution in [1.29, 1.82) is 0 Å². The molecule has 0 aliphatic carbocycles. The number of hydrogen-bond acceptors (Lipinski definition) is 5. The number of imide groups is 1. The number of likely N-dealkylation sites (tertiary alicyclic amines) is 1. The lowest BCUT2D eigenvalue weighted by atomic mass is 10.2. The molecule has 106 valence electrons. The van der Waals surface area contributed by atoms with Crippen LogP contribution in [0.4, 0.5) is 15.8 Å². The quantitative estimate of drug-likeness (QED) is 0.511. The molecule has 0 spiro atoms. The number of amides is 2. The lowest BCUT2D eigenvalue weighted by molar-refractivity contribution is -0.384. The van der Waals surface area contributed by atoms with Gasteiger partial charge in [-0.15, -0.1) is 0 Å². The molecular weight excluding hydrogens is 337 g/mol. The number of carbonyl (C=O) groups is 2. The lowest BCUT2D eigenvalue weighted by Gasteiger charge is -2.13. The van der Waals surface area contributed by atoms with Crippen molar-refractivity contribution in [2.45, 2.75) is 12.5 Å². The normalized spacial score (nSPS) is 18.6. The number of benzene rings is 1. The SMILES string of the molecule is CN1C(=O)CC(Nc2cc(Br)c(F)cc2[N+](=O)[O-])C1=O. The van der Waals surface area contributed by atoms with Crippen LogP contribution in [0.15, 0.2) is 16.6 Å². The number of nitrogens with one attached hydrogen (secondary N) is 1. The molecule has 1 heterocycles. The Morgan fingerprint density at radius 2 is 2.15 bits per heavy atom. The van der Waals surface area contributed by atoms with E-state index in [2.05, 4.69) is 21.2 Å². The van der Waals surface area contributed by atoms with E-state index in [-0.39, 0.29) is 22.5 Å². The predicted molar refractivity (Wildman–Crippen MR) is 70.6 cm³/mol. The number of likely N-dealkylation sites (N-methyl/N-ethyl adjacent to an activating group) is 1. The maximum Gasteiger partial charge on any atom is 0.295 e. The molecule has 1 fully saturated rings. The van der Waals surface area contributed by atoms with E-state index in [1.807, 2.05) is 0 Å². The summed E-state index contributed by atoms with van der Waals surface area (Å²) in [7, 11) is 1.33. The van der Waals surface area contributed by atoms with E-state index in [0.717, 1.165) is 11.0 Å². The first kappa shape index (κ1) is 14.4. The Kier molecular flexibility index (Phi) is 3.71. The summed E-state index contributed by atoms with van der Waals surface area (Å²) in [6.07, 6.45) is -0.0958. The molecule has 1 N–H and O–H groups in total. The molecule has 1 aromatic carbocycles. The van der Waals surface area contributed by atoms with E-state index >= 15 is 0 Å². The van der Waals surface area contributed by atoms with E-state index < -0.39 is 28.4 Å². The average molecular weight is 346 g/mol. The third-order valence-corrected chi connectivity index (χ3v) is 3.55. The number of rotatable bonds is 3. The molecule has 2 rings (SSSR count). The number of carbonyl (C=O) groups excluding carboxylic acids is 2. The van der Waals surface area contributed by atoms with Crippen LogP contribution in [0, 0.1) is 15.9 Å². The molecule has 7 nitrogen and oxygen atoms in total. The summed E-state index contributed by atoms with van der Waals surface area (Å²) < 4.78 is 13.3. The number of hydrogen-bond donors (Lipinski definition) is 1. The van der Waals surface area contributed by atoms with Gasteiger partial charge in [-0.25, -0.2) is 4.39 Å². The van der Waals surface area contributed by atoms with Gasteiger partial charge in [-0.3, -0.25) is 24.6 Å². The Hall–Kier alpha value is -2.03. The summed E-state index contributed by atoms with van der Waals surface area (Å²) in [5.41, 5.74) is -0.523. The van der Waals surface area contributed by atoms with Crippen molar-refractivity contribution in [2.24, 2.45) is 0 Å². The van der Waals surface area contributed by atoms with Gasteiger partial charge in [-0.2, -0.15) is 0 Å². The monoisotopic (exact) mass is 345 g/mol. The number of anilines is 1. The van der Waals surface area contributed by atoms with Gasteiger partial charge in [0.25, 0.3) is 11.6 Å². The van der Waals surface area contributed by atoms with Crippen LogP contribution in [0.5, 0.6) is 0 Å². The highest BCUT2D eigenvalue weighted by atomic mass is 79.9. The van der Waals surface area contributed by atoms with Crippen molar-refractivity contribution in [3.63, 3.8) is 0 Å². The third kappa shape index (κ3) is 2.48. The van der Waals surface area contributed by atoms with E-state index in [1.54, 1.807) is 0 Å². The molecule has 2 amide bonds. The summed E-state index contributed by atoms with van der Waals surface area (Å²) in [4.78, 5) is 34.2. The summed E-state index contributed by atoms with van der Waals surface area (Å²) in [6.45, 7) is 0. The number of nitro groups is 1. The van der Waals surface area contributed by atoms with Gasteiger partial charge in [0, 0.05) is 7.05 Å². The highest BCUT2D eigenvalue weighted by Gasteiger charge is 2.37. The number of nitrogens with zero attached hydrogens (tertiary/aromatic N) is 2. The first-order chi connectivity index (χ1) is 9.31. The fraction of sp³-hybridized carbons (Fsp3) is 0.273. The predicted octanol–water partition coefficient (Wildman–Crippen LogP) is 1.67. The van der Waals surface area contributed by atoms with Gasteiger partial charge >= 0.3 is 0 Å². The maximum absolute atomic E-state index is 13.3. The van der Waals surface area contributed by atoms with Gasteiger partial charge in [-0.05, 0) is 22.0 Å². The van der Waals surface area contributed by atoms with Crippen LogP contribution >= 0.6 is 15.9 Å². The van der Waals surface area contributed by atoms with Crippen molar-refractivity contribution in [3.05, 3.63) is 32.5 Å². The molecule has 0 bridgehead atoms. The average Bonchev–Trinajstić information content (AvgIpc) is 2.61. The third-order valence-electron chi connectivity index (χ3n) is 2.95. The van der Waals surface area contributed by atoms with Crippen LogP contribution in [0.2, 0.25) is 0 Å². The molecule has 1 aromatic rings. The molecule has 20 heavy (non-hydrogen) atoms. The van der Waals surface area contributed by atoms with Crippen LogP contribution in [0.25, 0.3) is 0 Å². The highest BCUT2D eigenvalue weighted by Crippen LogP contribution is 2.32. The fourth-order valence-corrected chi connectivity index (χ4v) is 2.20. The zero-order valence-electron chi connectivity index (χ0n) is 10.2. The second kappa shape index (κ2) is 5.16. The molecule has 1 unspecified atom stereocenters. The molecule has 0 saturated carbocycles. The van der Waals surface area contributed by atoms with Gasteiger partial charge < -0.3 is 5.32 Å². The fourth-order valence-electron chi connectivity index (χ4n) is 1.86. The topological polar surface area (TPSA) is 92.6 Å². The van der Waals surface area contributed by atoms with E-state index in [4.69, 9.17) is 0 Å². The first-order valence-corrected chi connectivity index (χ1v) is 6.31. The van der Waals surface area contributed by atoms with Crippen molar-refractivity contribution in [1.82, 2.24) is 4.90 Å². The highest BCUT2D eigenvalue weighted by molar-refractivity contribution is 9.10.